The molecule has 0 aliphatic heterocycles. The molecule has 0 aliphatic carbocycles. The lowest BCUT2D eigenvalue weighted by molar-refractivity contribution is -0.138. The SMILES string of the molecule is Cc1csc(C(=O)NOCCOc2sc(C(=O)NOCCO)c(C(F)(F)F)c2C)c1F. The van der Waals surface area contributed by atoms with Crippen molar-refractivity contribution in [3.05, 3.63) is 37.6 Å². The lowest BCUT2D eigenvalue weighted by Gasteiger charge is -2.10. The summed E-state index contributed by atoms with van der Waals surface area (Å²) < 4.78 is 59.1. The highest BCUT2D eigenvalue weighted by Crippen LogP contribution is 2.44. The Morgan fingerprint density at radius 2 is 1.68 bits per heavy atom. The first kappa shape index (κ1) is 25.0. The molecule has 2 rings (SSSR count). The molecule has 0 fully saturated rings. The van der Waals surface area contributed by atoms with Crippen molar-refractivity contribution >= 4 is 34.5 Å². The molecule has 2 aromatic rings. The number of amides is 2. The average molecular weight is 486 g/mol. The van der Waals surface area contributed by atoms with Gasteiger partial charge in [-0.3, -0.25) is 19.3 Å². The third-order valence-corrected chi connectivity index (χ3v) is 5.91. The van der Waals surface area contributed by atoms with Gasteiger partial charge in [-0.15, -0.1) is 11.3 Å². The van der Waals surface area contributed by atoms with E-state index in [1.165, 1.54) is 12.3 Å². The molecule has 0 radical (unpaired) electrons. The van der Waals surface area contributed by atoms with E-state index in [1.807, 2.05) is 11.0 Å². The summed E-state index contributed by atoms with van der Waals surface area (Å²) in [5.74, 6) is -2.60. The molecule has 8 nitrogen and oxygen atoms in total. The monoisotopic (exact) mass is 486 g/mol. The summed E-state index contributed by atoms with van der Waals surface area (Å²) in [6.45, 7) is 1.41. The topological polar surface area (TPSA) is 106 Å². The molecule has 0 bridgehead atoms. The van der Waals surface area contributed by atoms with Crippen LogP contribution in [0.15, 0.2) is 5.38 Å². The Balaban J connectivity index is 1.96. The van der Waals surface area contributed by atoms with Gasteiger partial charge < -0.3 is 9.84 Å². The van der Waals surface area contributed by atoms with Crippen LogP contribution in [0.1, 0.15) is 36.0 Å². The van der Waals surface area contributed by atoms with Gasteiger partial charge >= 0.3 is 6.18 Å². The zero-order valence-corrected chi connectivity index (χ0v) is 17.9. The zero-order chi connectivity index (χ0) is 23.2. The molecule has 2 amide bonds. The van der Waals surface area contributed by atoms with Crippen molar-refractivity contribution in [1.29, 1.82) is 0 Å². The van der Waals surface area contributed by atoms with Crippen molar-refractivity contribution in [2.24, 2.45) is 0 Å². The van der Waals surface area contributed by atoms with Crippen molar-refractivity contribution in [3.8, 4) is 5.06 Å². The Kier molecular flexibility index (Phi) is 8.76. The van der Waals surface area contributed by atoms with Crippen LogP contribution in [0, 0.1) is 19.7 Å². The van der Waals surface area contributed by atoms with Crippen molar-refractivity contribution in [3.63, 3.8) is 0 Å². The Morgan fingerprint density at radius 1 is 1.06 bits per heavy atom. The van der Waals surface area contributed by atoms with E-state index in [4.69, 9.17) is 14.7 Å². The lowest BCUT2D eigenvalue weighted by atomic mass is 10.1. The summed E-state index contributed by atoms with van der Waals surface area (Å²) in [4.78, 5) is 32.4. The predicted molar refractivity (Wildman–Crippen MR) is 102 cm³/mol. The van der Waals surface area contributed by atoms with Gasteiger partial charge in [0.15, 0.2) is 5.06 Å². The van der Waals surface area contributed by atoms with E-state index in [0.717, 1.165) is 18.3 Å². The van der Waals surface area contributed by atoms with E-state index in [0.29, 0.717) is 16.9 Å². The number of carbonyl (C=O) groups is 2. The van der Waals surface area contributed by atoms with E-state index in [1.54, 1.807) is 0 Å². The molecule has 0 aliphatic rings. The van der Waals surface area contributed by atoms with Crippen LogP contribution in [-0.2, 0) is 15.9 Å². The van der Waals surface area contributed by atoms with Gasteiger partial charge in [0.05, 0.1) is 18.8 Å². The maximum Gasteiger partial charge on any atom is 0.418 e. The van der Waals surface area contributed by atoms with E-state index >= 15 is 0 Å². The molecule has 0 aromatic carbocycles. The molecule has 14 heteroatoms. The highest BCUT2D eigenvalue weighted by atomic mass is 32.1. The molecule has 2 heterocycles. The standard InChI is InChI=1S/C17H18F4N2O6S2/c1-8-7-30-13(11(8)18)15(26)23-29-6-5-27-16-9(2)10(17(19,20)21)12(31-16)14(25)22-28-4-3-24/h7,24H,3-6H2,1-2H3,(H,22,25)(H,23,26). The number of hydrogen-bond acceptors (Lipinski definition) is 8. The van der Waals surface area contributed by atoms with Gasteiger partial charge in [-0.1, -0.05) is 11.3 Å². The average Bonchev–Trinajstić information content (AvgIpc) is 3.21. The number of nitrogens with one attached hydrogen (secondary N) is 2. The highest BCUT2D eigenvalue weighted by molar-refractivity contribution is 7.16. The Morgan fingerprint density at radius 3 is 2.23 bits per heavy atom. The Labute approximate surface area is 181 Å². The fourth-order valence-electron chi connectivity index (χ4n) is 2.26. The minimum absolute atomic E-state index is 0.165. The van der Waals surface area contributed by atoms with Crippen LogP contribution >= 0.6 is 22.7 Å². The number of ether oxygens (including phenoxy) is 1. The molecule has 31 heavy (non-hydrogen) atoms. The summed E-state index contributed by atoms with van der Waals surface area (Å²) in [6, 6.07) is 0. The van der Waals surface area contributed by atoms with E-state index in [2.05, 4.69) is 4.84 Å². The summed E-state index contributed by atoms with van der Waals surface area (Å²) in [6.07, 6.45) is -4.82. The van der Waals surface area contributed by atoms with E-state index in [9.17, 15) is 27.2 Å². The molecule has 0 atom stereocenters. The van der Waals surface area contributed by atoms with Crippen LogP contribution in [0.3, 0.4) is 0 Å². The minimum atomic E-state index is -4.82. The van der Waals surface area contributed by atoms with Crippen LogP contribution in [-0.4, -0.2) is 43.3 Å². The molecular weight excluding hydrogens is 468 g/mol. The number of alkyl halides is 3. The van der Waals surface area contributed by atoms with Gasteiger partial charge in [0.25, 0.3) is 11.8 Å². The van der Waals surface area contributed by atoms with Gasteiger partial charge in [0.2, 0.25) is 0 Å². The minimum Gasteiger partial charge on any atom is -0.481 e. The van der Waals surface area contributed by atoms with Crippen molar-refractivity contribution in [1.82, 2.24) is 11.0 Å². The molecule has 0 spiro atoms. The van der Waals surface area contributed by atoms with Gasteiger partial charge in [0.1, 0.15) is 28.8 Å². The quantitative estimate of drug-likeness (QED) is 0.271. The van der Waals surface area contributed by atoms with Crippen molar-refractivity contribution in [2.75, 3.05) is 26.4 Å². The Bertz CT molecular complexity index is 929. The number of hydroxylamine groups is 2. The third kappa shape index (κ3) is 6.36. The second-order valence-electron chi connectivity index (χ2n) is 5.91. The maximum absolute atomic E-state index is 13.7. The fraction of sp³-hybridized carbons (Fsp3) is 0.412. The first-order chi connectivity index (χ1) is 14.6. The number of aryl methyl sites for hydroxylation is 1. The number of hydrogen-bond donors (Lipinski definition) is 3. The molecular formula is C17H18F4N2O6S2. The predicted octanol–water partition coefficient (Wildman–Crippen LogP) is 2.98. The van der Waals surface area contributed by atoms with Gasteiger partial charge in [-0.25, -0.2) is 15.4 Å². The van der Waals surface area contributed by atoms with E-state index < -0.39 is 40.9 Å². The lowest BCUT2D eigenvalue weighted by Crippen LogP contribution is -2.26. The second kappa shape index (κ2) is 10.9. The third-order valence-electron chi connectivity index (χ3n) is 3.64. The number of rotatable bonds is 10. The summed E-state index contributed by atoms with van der Waals surface area (Å²) in [5.41, 5.74) is 2.67. The van der Waals surface area contributed by atoms with E-state index in [-0.39, 0.29) is 35.3 Å². The number of halogens is 4. The molecule has 0 saturated heterocycles. The number of aliphatic hydroxyl groups excluding tert-OH is 1. The van der Waals surface area contributed by atoms with Crippen LogP contribution in [0.2, 0.25) is 0 Å². The maximum atomic E-state index is 13.7. The molecule has 3 N–H and O–H groups in total. The number of aliphatic hydroxyl groups is 1. The first-order valence-corrected chi connectivity index (χ1v) is 10.3. The van der Waals surface area contributed by atoms with Gasteiger partial charge in [-0.05, 0) is 24.8 Å². The Hall–Kier alpha value is -2.26. The molecule has 0 unspecified atom stereocenters. The largest absolute Gasteiger partial charge is 0.481 e. The molecule has 2 aromatic heterocycles. The second-order valence-corrected chi connectivity index (χ2v) is 7.77. The smallest absolute Gasteiger partial charge is 0.418 e. The van der Waals surface area contributed by atoms with Crippen LogP contribution in [0.4, 0.5) is 17.6 Å². The van der Waals surface area contributed by atoms with Crippen LogP contribution < -0.4 is 15.7 Å². The summed E-state index contributed by atoms with van der Waals surface area (Å²) in [7, 11) is 0. The number of thiophene rings is 2. The molecule has 172 valence electrons. The van der Waals surface area contributed by atoms with Gasteiger partial charge in [-0.2, -0.15) is 13.2 Å². The first-order valence-electron chi connectivity index (χ1n) is 8.60. The zero-order valence-electron chi connectivity index (χ0n) is 16.2. The fourth-order valence-corrected chi connectivity index (χ4v) is 4.16. The highest BCUT2D eigenvalue weighted by Gasteiger charge is 2.40. The van der Waals surface area contributed by atoms with Crippen molar-refractivity contribution < 1.29 is 46.7 Å². The normalized spacial score (nSPS) is 11.5. The van der Waals surface area contributed by atoms with Crippen molar-refractivity contribution in [2.45, 2.75) is 20.0 Å². The summed E-state index contributed by atoms with van der Waals surface area (Å²) in [5, 5.41) is 9.90. The van der Waals surface area contributed by atoms with Crippen LogP contribution in [0.5, 0.6) is 5.06 Å². The van der Waals surface area contributed by atoms with Gasteiger partial charge in [0, 0.05) is 5.56 Å². The van der Waals surface area contributed by atoms with Crippen LogP contribution in [0.25, 0.3) is 0 Å². The number of carbonyl (C=O) groups excluding carboxylic acids is 2. The molecule has 0 saturated carbocycles. The summed E-state index contributed by atoms with van der Waals surface area (Å²) >= 11 is 1.36.